The lowest BCUT2D eigenvalue weighted by Crippen LogP contribution is -2.06. The summed E-state index contributed by atoms with van der Waals surface area (Å²) in [7, 11) is 0. The van der Waals surface area contributed by atoms with Crippen LogP contribution in [0.4, 0.5) is 18.9 Å². The Morgan fingerprint density at radius 3 is 2.45 bits per heavy atom. The van der Waals surface area contributed by atoms with Crippen LogP contribution in [0.1, 0.15) is 19.2 Å². The van der Waals surface area contributed by atoms with Crippen molar-refractivity contribution in [3.63, 3.8) is 0 Å². The number of halogens is 3. The first kappa shape index (κ1) is 14.4. The second-order valence-corrected chi connectivity index (χ2v) is 4.39. The summed E-state index contributed by atoms with van der Waals surface area (Å²) in [4.78, 5) is 3.99. The Bertz CT molecular complexity index is 607. The van der Waals surface area contributed by atoms with Crippen LogP contribution in [0.25, 0.3) is 11.4 Å². The molecule has 0 aliphatic rings. The second kappa shape index (κ2) is 5.58. The molecule has 8 heteroatoms. The van der Waals surface area contributed by atoms with Gasteiger partial charge in [-0.3, -0.25) is 0 Å². The van der Waals surface area contributed by atoms with E-state index in [1.54, 1.807) is 24.3 Å². The maximum atomic E-state index is 12.3. The minimum absolute atomic E-state index is 0.109. The molecule has 0 aliphatic carbocycles. The highest BCUT2D eigenvalue weighted by molar-refractivity contribution is 7.80. The Kier molecular flexibility index (Phi) is 4.03. The molecule has 1 N–H and O–H groups in total. The SMILES string of the molecule is CCC(=S)Nc1ccc(-c2noc(C(F)(F)F)n2)cc1. The average Bonchev–Trinajstić information content (AvgIpc) is 2.89. The minimum Gasteiger partial charge on any atom is -0.350 e. The van der Waals surface area contributed by atoms with Gasteiger partial charge in [-0.25, -0.2) is 0 Å². The first-order valence-electron chi connectivity index (χ1n) is 5.71. The monoisotopic (exact) mass is 301 g/mol. The average molecular weight is 301 g/mol. The zero-order valence-electron chi connectivity index (χ0n) is 10.4. The van der Waals surface area contributed by atoms with Gasteiger partial charge >= 0.3 is 12.1 Å². The predicted molar refractivity (Wildman–Crippen MR) is 71.2 cm³/mol. The van der Waals surface area contributed by atoms with E-state index in [0.717, 1.165) is 5.69 Å². The fourth-order valence-corrected chi connectivity index (χ4v) is 1.53. The summed E-state index contributed by atoms with van der Waals surface area (Å²) < 4.78 is 41.2. The molecule has 2 rings (SSSR count). The third-order valence-corrected chi connectivity index (χ3v) is 2.81. The van der Waals surface area contributed by atoms with E-state index in [2.05, 4.69) is 20.0 Å². The van der Waals surface area contributed by atoms with Gasteiger partial charge in [-0.15, -0.1) is 0 Å². The highest BCUT2D eigenvalue weighted by atomic mass is 32.1. The van der Waals surface area contributed by atoms with Gasteiger partial charge in [-0.05, 0) is 30.7 Å². The fourth-order valence-electron chi connectivity index (χ4n) is 1.41. The van der Waals surface area contributed by atoms with Crippen molar-refractivity contribution >= 4 is 22.9 Å². The summed E-state index contributed by atoms with van der Waals surface area (Å²) in [5, 5.41) is 6.29. The van der Waals surface area contributed by atoms with Gasteiger partial charge in [0, 0.05) is 11.3 Å². The van der Waals surface area contributed by atoms with Crippen LogP contribution in [0.15, 0.2) is 28.8 Å². The van der Waals surface area contributed by atoms with Crippen LogP contribution in [0.2, 0.25) is 0 Å². The largest absolute Gasteiger partial charge is 0.471 e. The number of aromatic nitrogens is 2. The molecular weight excluding hydrogens is 291 g/mol. The smallest absolute Gasteiger partial charge is 0.350 e. The molecule has 20 heavy (non-hydrogen) atoms. The number of anilines is 1. The molecule has 0 radical (unpaired) electrons. The predicted octanol–water partition coefficient (Wildman–Crippen LogP) is 3.90. The van der Waals surface area contributed by atoms with E-state index in [0.29, 0.717) is 17.0 Å². The molecule has 0 fully saturated rings. The summed E-state index contributed by atoms with van der Waals surface area (Å²) in [5.74, 6) is -1.47. The number of rotatable bonds is 3. The number of alkyl halides is 3. The van der Waals surface area contributed by atoms with Gasteiger partial charge in [-0.1, -0.05) is 24.3 Å². The Morgan fingerprint density at radius 2 is 1.95 bits per heavy atom. The van der Waals surface area contributed by atoms with Crippen molar-refractivity contribution in [3.05, 3.63) is 30.2 Å². The normalized spacial score (nSPS) is 11.4. The van der Waals surface area contributed by atoms with Crippen molar-refractivity contribution in [2.75, 3.05) is 5.32 Å². The Hall–Kier alpha value is -1.96. The van der Waals surface area contributed by atoms with Gasteiger partial charge in [-0.2, -0.15) is 18.2 Å². The molecule has 0 aliphatic heterocycles. The summed E-state index contributed by atoms with van der Waals surface area (Å²) in [6.45, 7) is 1.92. The van der Waals surface area contributed by atoms with E-state index >= 15 is 0 Å². The first-order valence-corrected chi connectivity index (χ1v) is 6.12. The van der Waals surface area contributed by atoms with Crippen molar-refractivity contribution in [1.29, 1.82) is 0 Å². The highest BCUT2D eigenvalue weighted by Crippen LogP contribution is 2.29. The highest BCUT2D eigenvalue weighted by Gasteiger charge is 2.38. The molecule has 0 spiro atoms. The zero-order chi connectivity index (χ0) is 14.8. The molecule has 1 aromatic carbocycles. The maximum Gasteiger partial charge on any atom is 0.471 e. The van der Waals surface area contributed by atoms with Crippen LogP contribution >= 0.6 is 12.2 Å². The number of nitrogens with zero attached hydrogens (tertiary/aromatic N) is 2. The van der Waals surface area contributed by atoms with Crippen LogP contribution < -0.4 is 5.32 Å². The molecule has 1 aromatic heterocycles. The van der Waals surface area contributed by atoms with E-state index in [4.69, 9.17) is 12.2 Å². The summed E-state index contributed by atoms with van der Waals surface area (Å²) >= 11 is 5.03. The summed E-state index contributed by atoms with van der Waals surface area (Å²) in [6, 6.07) is 6.54. The number of hydrogen-bond donors (Lipinski definition) is 1. The lowest BCUT2D eigenvalue weighted by molar-refractivity contribution is -0.159. The van der Waals surface area contributed by atoms with E-state index in [-0.39, 0.29) is 5.82 Å². The summed E-state index contributed by atoms with van der Waals surface area (Å²) in [5.41, 5.74) is 1.18. The third kappa shape index (κ3) is 3.32. The van der Waals surface area contributed by atoms with Gasteiger partial charge in [0.1, 0.15) is 0 Å². The third-order valence-electron chi connectivity index (χ3n) is 2.42. The van der Waals surface area contributed by atoms with Crippen molar-refractivity contribution in [1.82, 2.24) is 10.1 Å². The van der Waals surface area contributed by atoms with Crippen molar-refractivity contribution in [2.45, 2.75) is 19.5 Å². The molecule has 0 atom stereocenters. The van der Waals surface area contributed by atoms with E-state index in [1.807, 2.05) is 6.92 Å². The number of nitrogens with one attached hydrogen (secondary N) is 1. The minimum atomic E-state index is -4.64. The molecule has 106 valence electrons. The Balaban J connectivity index is 2.18. The van der Waals surface area contributed by atoms with Gasteiger partial charge < -0.3 is 9.84 Å². The van der Waals surface area contributed by atoms with E-state index < -0.39 is 12.1 Å². The molecule has 0 saturated carbocycles. The number of hydrogen-bond acceptors (Lipinski definition) is 4. The van der Waals surface area contributed by atoms with Crippen molar-refractivity contribution in [2.24, 2.45) is 0 Å². The lowest BCUT2D eigenvalue weighted by Gasteiger charge is -2.05. The quantitative estimate of drug-likeness (QED) is 0.871. The van der Waals surface area contributed by atoms with Crippen LogP contribution in [-0.2, 0) is 6.18 Å². The summed E-state index contributed by atoms with van der Waals surface area (Å²) in [6.07, 6.45) is -3.93. The molecule has 4 nitrogen and oxygen atoms in total. The van der Waals surface area contributed by atoms with Crippen molar-refractivity contribution in [3.8, 4) is 11.4 Å². The molecule has 2 aromatic rings. The Morgan fingerprint density at radius 1 is 1.30 bits per heavy atom. The molecule has 0 amide bonds. The van der Waals surface area contributed by atoms with E-state index in [1.165, 1.54) is 0 Å². The van der Waals surface area contributed by atoms with Crippen LogP contribution in [0.3, 0.4) is 0 Å². The first-order chi connectivity index (χ1) is 9.40. The van der Waals surface area contributed by atoms with Gasteiger partial charge in [0.05, 0.1) is 4.99 Å². The molecular formula is C12H10F3N3OS. The molecule has 0 bridgehead atoms. The molecule has 0 saturated heterocycles. The number of benzene rings is 1. The van der Waals surface area contributed by atoms with Crippen LogP contribution in [0, 0.1) is 0 Å². The Labute approximate surface area is 118 Å². The van der Waals surface area contributed by atoms with Gasteiger partial charge in [0.2, 0.25) is 5.82 Å². The maximum absolute atomic E-state index is 12.3. The van der Waals surface area contributed by atoms with Gasteiger partial charge in [0.25, 0.3) is 0 Å². The topological polar surface area (TPSA) is 51.0 Å². The molecule has 1 heterocycles. The zero-order valence-corrected chi connectivity index (χ0v) is 11.2. The number of thiocarbonyl (C=S) groups is 1. The fraction of sp³-hybridized carbons (Fsp3) is 0.250. The lowest BCUT2D eigenvalue weighted by atomic mass is 10.2. The van der Waals surface area contributed by atoms with Crippen molar-refractivity contribution < 1.29 is 17.7 Å². The van der Waals surface area contributed by atoms with Crippen LogP contribution in [-0.4, -0.2) is 15.1 Å². The molecule has 0 unspecified atom stereocenters. The van der Waals surface area contributed by atoms with Gasteiger partial charge in [0.15, 0.2) is 0 Å². The van der Waals surface area contributed by atoms with Crippen LogP contribution in [0.5, 0.6) is 0 Å². The van der Waals surface area contributed by atoms with E-state index in [9.17, 15) is 13.2 Å². The standard InChI is InChI=1S/C12H10F3N3OS/c1-2-9(20)16-8-5-3-7(4-6-8)10-17-11(19-18-10)12(13,14)15/h3-6H,2H2,1H3,(H,16,20). The second-order valence-electron chi connectivity index (χ2n) is 3.90.